The van der Waals surface area contributed by atoms with Crippen LogP contribution in [0.15, 0.2) is 30.3 Å². The first-order valence-electron chi connectivity index (χ1n) is 11.2. The van der Waals surface area contributed by atoms with E-state index in [1.54, 1.807) is 0 Å². The summed E-state index contributed by atoms with van der Waals surface area (Å²) in [6.07, 6.45) is 6.36. The van der Waals surface area contributed by atoms with Crippen LogP contribution in [0.2, 0.25) is 0 Å². The van der Waals surface area contributed by atoms with Gasteiger partial charge in [0, 0.05) is 36.3 Å². The molecule has 1 aromatic carbocycles. The van der Waals surface area contributed by atoms with Crippen molar-refractivity contribution in [3.63, 3.8) is 0 Å². The summed E-state index contributed by atoms with van der Waals surface area (Å²) >= 11 is 0. The third-order valence-electron chi connectivity index (χ3n) is 7.40. The predicted molar refractivity (Wildman–Crippen MR) is 115 cm³/mol. The fourth-order valence-corrected chi connectivity index (χ4v) is 5.28. The average Bonchev–Trinajstić information content (AvgIpc) is 3.41. The van der Waals surface area contributed by atoms with E-state index >= 15 is 0 Å². The van der Waals surface area contributed by atoms with Crippen molar-refractivity contribution in [3.05, 3.63) is 41.7 Å². The van der Waals surface area contributed by atoms with Gasteiger partial charge in [0.1, 0.15) is 0 Å². The van der Waals surface area contributed by atoms with Crippen LogP contribution in [-0.4, -0.2) is 39.6 Å². The highest BCUT2D eigenvalue weighted by atomic mass is 16.2. The second-order valence-corrected chi connectivity index (χ2v) is 9.45. The van der Waals surface area contributed by atoms with Crippen LogP contribution in [0.1, 0.15) is 49.9 Å². The normalized spacial score (nSPS) is 22.6. The van der Waals surface area contributed by atoms with E-state index in [2.05, 4.69) is 10.4 Å². The zero-order valence-electron chi connectivity index (χ0n) is 17.9. The predicted octanol–water partition coefficient (Wildman–Crippen LogP) is 3.86. The summed E-state index contributed by atoms with van der Waals surface area (Å²) in [5.41, 5.74) is 4.23. The first-order chi connectivity index (χ1) is 14.4. The molecule has 0 bridgehead atoms. The summed E-state index contributed by atoms with van der Waals surface area (Å²) in [5, 5.41) is 7.55. The van der Waals surface area contributed by atoms with E-state index in [-0.39, 0.29) is 17.7 Å². The topological polar surface area (TPSA) is 67.2 Å². The maximum absolute atomic E-state index is 12.7. The van der Waals surface area contributed by atoms with Crippen molar-refractivity contribution < 1.29 is 9.59 Å². The Morgan fingerprint density at radius 3 is 2.33 bits per heavy atom. The lowest BCUT2D eigenvalue weighted by atomic mass is 9.79. The molecular formula is C24H30N4O2. The van der Waals surface area contributed by atoms with Crippen molar-refractivity contribution in [1.82, 2.24) is 14.7 Å². The number of carbonyl (C=O) groups is 2. The number of nitrogens with zero attached hydrogens (tertiary/aromatic N) is 3. The summed E-state index contributed by atoms with van der Waals surface area (Å²) in [6.45, 7) is 5.43. The van der Waals surface area contributed by atoms with Crippen LogP contribution in [0.5, 0.6) is 0 Å². The van der Waals surface area contributed by atoms with Gasteiger partial charge in [-0.15, -0.1) is 0 Å². The molecular weight excluding hydrogens is 376 g/mol. The second kappa shape index (κ2) is 7.25. The Kier molecular flexibility index (Phi) is 4.68. The van der Waals surface area contributed by atoms with Crippen LogP contribution in [0.25, 0.3) is 5.69 Å². The first-order valence-corrected chi connectivity index (χ1v) is 11.2. The summed E-state index contributed by atoms with van der Waals surface area (Å²) in [5.74, 6) is 0.648. The van der Waals surface area contributed by atoms with Gasteiger partial charge in [0.15, 0.2) is 0 Å². The van der Waals surface area contributed by atoms with E-state index in [4.69, 9.17) is 0 Å². The molecule has 158 valence electrons. The number of amides is 2. The maximum Gasteiger partial charge on any atom is 0.227 e. The minimum absolute atomic E-state index is 0.0263. The molecule has 2 saturated carbocycles. The Balaban J connectivity index is 1.14. The SMILES string of the molecule is Cc1cc(C)n(-c2ccc(NC(=O)C3CCN(C(=O)C4CC45CCC5)CC3)cc2)n1. The molecule has 5 rings (SSSR count). The molecule has 0 radical (unpaired) electrons. The second-order valence-electron chi connectivity index (χ2n) is 9.45. The molecule has 2 aromatic rings. The lowest BCUT2D eigenvalue weighted by molar-refractivity contribution is -0.137. The maximum atomic E-state index is 12.7. The van der Waals surface area contributed by atoms with Gasteiger partial charge in [-0.2, -0.15) is 5.10 Å². The highest BCUT2D eigenvalue weighted by Crippen LogP contribution is 2.66. The van der Waals surface area contributed by atoms with Crippen LogP contribution in [0, 0.1) is 31.1 Å². The molecule has 30 heavy (non-hydrogen) atoms. The number of carbonyl (C=O) groups excluding carboxylic acids is 2. The quantitative estimate of drug-likeness (QED) is 0.838. The Morgan fingerprint density at radius 2 is 1.80 bits per heavy atom. The van der Waals surface area contributed by atoms with Gasteiger partial charge >= 0.3 is 0 Å². The lowest BCUT2D eigenvalue weighted by Gasteiger charge is -2.33. The van der Waals surface area contributed by atoms with Crippen molar-refractivity contribution >= 4 is 17.5 Å². The highest BCUT2D eigenvalue weighted by molar-refractivity contribution is 5.93. The molecule has 1 atom stereocenters. The summed E-state index contributed by atoms with van der Waals surface area (Å²) in [4.78, 5) is 27.5. The number of likely N-dealkylation sites (tertiary alicyclic amines) is 1. The largest absolute Gasteiger partial charge is 0.342 e. The Bertz CT molecular complexity index is 966. The van der Waals surface area contributed by atoms with Crippen molar-refractivity contribution in [1.29, 1.82) is 0 Å². The number of aromatic nitrogens is 2. The number of anilines is 1. The van der Waals surface area contributed by atoms with Gasteiger partial charge in [-0.3, -0.25) is 9.59 Å². The number of benzene rings is 1. The lowest BCUT2D eigenvalue weighted by Crippen LogP contribution is -2.43. The molecule has 6 nitrogen and oxygen atoms in total. The van der Waals surface area contributed by atoms with Crippen LogP contribution in [-0.2, 0) is 9.59 Å². The number of rotatable bonds is 4. The van der Waals surface area contributed by atoms with E-state index < -0.39 is 0 Å². The molecule has 1 aromatic heterocycles. The number of nitrogens with one attached hydrogen (secondary N) is 1. The molecule has 1 aliphatic heterocycles. The van der Waals surface area contributed by atoms with Crippen molar-refractivity contribution in [2.24, 2.45) is 17.3 Å². The van der Waals surface area contributed by atoms with Crippen molar-refractivity contribution in [2.45, 2.75) is 52.4 Å². The summed E-state index contributed by atoms with van der Waals surface area (Å²) in [7, 11) is 0. The molecule has 2 aliphatic carbocycles. The van der Waals surface area contributed by atoms with Crippen molar-refractivity contribution in [3.8, 4) is 5.69 Å². The van der Waals surface area contributed by atoms with Crippen LogP contribution in [0.3, 0.4) is 0 Å². The molecule has 3 fully saturated rings. The van der Waals surface area contributed by atoms with Gasteiger partial charge < -0.3 is 10.2 Å². The van der Waals surface area contributed by atoms with E-state index in [1.807, 2.05) is 53.8 Å². The van der Waals surface area contributed by atoms with Gasteiger partial charge in [0.2, 0.25) is 11.8 Å². The molecule has 6 heteroatoms. The molecule has 2 amide bonds. The van der Waals surface area contributed by atoms with Crippen LogP contribution in [0.4, 0.5) is 5.69 Å². The van der Waals surface area contributed by atoms with E-state index in [0.717, 1.165) is 42.0 Å². The van der Waals surface area contributed by atoms with Crippen LogP contribution < -0.4 is 5.32 Å². The monoisotopic (exact) mass is 406 g/mol. The third kappa shape index (κ3) is 3.42. The van der Waals surface area contributed by atoms with Crippen molar-refractivity contribution in [2.75, 3.05) is 18.4 Å². The third-order valence-corrected chi connectivity index (χ3v) is 7.40. The summed E-state index contributed by atoms with van der Waals surface area (Å²) in [6, 6.07) is 9.84. The molecule has 1 unspecified atom stereocenters. The molecule has 1 saturated heterocycles. The Morgan fingerprint density at radius 1 is 1.10 bits per heavy atom. The first kappa shape index (κ1) is 19.3. The minimum atomic E-state index is -0.0263. The fraction of sp³-hybridized carbons (Fsp3) is 0.542. The molecule has 2 heterocycles. The minimum Gasteiger partial charge on any atom is -0.342 e. The highest BCUT2D eigenvalue weighted by Gasteiger charge is 2.61. The van der Waals surface area contributed by atoms with Gasteiger partial charge in [-0.1, -0.05) is 6.42 Å². The summed E-state index contributed by atoms with van der Waals surface area (Å²) < 4.78 is 1.90. The van der Waals surface area contributed by atoms with Gasteiger partial charge in [0.25, 0.3) is 0 Å². The zero-order chi connectivity index (χ0) is 20.9. The Labute approximate surface area is 177 Å². The molecule has 3 aliphatic rings. The molecule has 1 N–H and O–H groups in total. The molecule has 1 spiro atoms. The smallest absolute Gasteiger partial charge is 0.227 e. The standard InChI is InChI=1S/C24H30N4O2/c1-16-14-17(2)28(26-16)20-6-4-19(5-7-20)25-22(29)18-8-12-27(13-9-18)23(30)21-15-24(21)10-3-11-24/h4-7,14,18,21H,3,8-13,15H2,1-2H3,(H,25,29). The average molecular weight is 407 g/mol. The van der Waals surface area contributed by atoms with E-state index in [9.17, 15) is 9.59 Å². The zero-order valence-corrected chi connectivity index (χ0v) is 17.9. The number of hydrogen-bond acceptors (Lipinski definition) is 3. The van der Waals surface area contributed by atoms with E-state index in [0.29, 0.717) is 24.4 Å². The fourth-order valence-electron chi connectivity index (χ4n) is 5.28. The Hall–Kier alpha value is -2.63. The number of piperidine rings is 1. The number of aryl methyl sites for hydroxylation is 2. The van der Waals surface area contributed by atoms with Crippen LogP contribution >= 0.6 is 0 Å². The van der Waals surface area contributed by atoms with Gasteiger partial charge in [-0.25, -0.2) is 4.68 Å². The van der Waals surface area contributed by atoms with Gasteiger partial charge in [-0.05, 0) is 81.7 Å². The van der Waals surface area contributed by atoms with Gasteiger partial charge in [0.05, 0.1) is 11.4 Å². The number of hydrogen-bond donors (Lipinski definition) is 1. The van der Waals surface area contributed by atoms with E-state index in [1.165, 1.54) is 19.3 Å².